The van der Waals surface area contributed by atoms with E-state index in [-0.39, 0.29) is 17.7 Å². The van der Waals surface area contributed by atoms with Gasteiger partial charge >= 0.3 is 0 Å². The maximum atomic E-state index is 12.2. The predicted octanol–water partition coefficient (Wildman–Crippen LogP) is 3.68. The zero-order valence-corrected chi connectivity index (χ0v) is 12.9. The van der Waals surface area contributed by atoms with Crippen molar-refractivity contribution >= 4 is 33.4 Å². The molecule has 0 aromatic heterocycles. The summed E-state index contributed by atoms with van der Waals surface area (Å²) in [5.74, 6) is 0.658. The lowest BCUT2D eigenvalue weighted by Crippen LogP contribution is -2.42. The van der Waals surface area contributed by atoms with Crippen LogP contribution in [0.2, 0.25) is 0 Å². The molecule has 0 spiro atoms. The van der Waals surface area contributed by atoms with E-state index in [0.717, 1.165) is 23.7 Å². The molecule has 1 aromatic rings. The SMILES string of the molecule is O=C(NC1CCCCC1CCl)c1ccc(Br)cc1O. The highest BCUT2D eigenvalue weighted by molar-refractivity contribution is 9.10. The Morgan fingerprint density at radius 1 is 1.42 bits per heavy atom. The number of halogens is 2. The smallest absolute Gasteiger partial charge is 0.255 e. The molecule has 1 amide bonds. The lowest BCUT2D eigenvalue weighted by molar-refractivity contribution is 0.0908. The van der Waals surface area contributed by atoms with E-state index in [1.165, 1.54) is 12.5 Å². The van der Waals surface area contributed by atoms with Crippen molar-refractivity contribution in [3.05, 3.63) is 28.2 Å². The number of benzene rings is 1. The maximum absolute atomic E-state index is 12.2. The van der Waals surface area contributed by atoms with Gasteiger partial charge in [-0.05, 0) is 37.0 Å². The first-order chi connectivity index (χ1) is 9.11. The molecule has 2 rings (SSSR count). The Bertz CT molecular complexity index is 467. The summed E-state index contributed by atoms with van der Waals surface area (Å²) in [6.07, 6.45) is 4.30. The van der Waals surface area contributed by atoms with Gasteiger partial charge in [0.2, 0.25) is 0 Å². The van der Waals surface area contributed by atoms with Crippen molar-refractivity contribution in [2.24, 2.45) is 5.92 Å². The summed E-state index contributed by atoms with van der Waals surface area (Å²) in [6.45, 7) is 0. The van der Waals surface area contributed by atoms with Crippen molar-refractivity contribution in [1.29, 1.82) is 0 Å². The molecule has 2 atom stereocenters. The van der Waals surface area contributed by atoms with Crippen molar-refractivity contribution in [1.82, 2.24) is 5.32 Å². The summed E-state index contributed by atoms with van der Waals surface area (Å²) in [5.41, 5.74) is 0.307. The molecule has 1 aromatic carbocycles. The van der Waals surface area contributed by atoms with E-state index < -0.39 is 0 Å². The average molecular weight is 347 g/mol. The normalized spacial score (nSPS) is 23.1. The second-order valence-corrected chi connectivity index (χ2v) is 6.16. The van der Waals surface area contributed by atoms with Crippen LogP contribution in [0, 0.1) is 5.92 Å². The van der Waals surface area contributed by atoms with Gasteiger partial charge < -0.3 is 10.4 Å². The minimum Gasteiger partial charge on any atom is -0.507 e. The Morgan fingerprint density at radius 2 is 2.16 bits per heavy atom. The number of alkyl halides is 1. The predicted molar refractivity (Wildman–Crippen MR) is 79.7 cm³/mol. The van der Waals surface area contributed by atoms with Crippen molar-refractivity contribution < 1.29 is 9.90 Å². The number of aromatic hydroxyl groups is 1. The summed E-state index contributed by atoms with van der Waals surface area (Å²) < 4.78 is 0.748. The molecule has 0 heterocycles. The van der Waals surface area contributed by atoms with Crippen LogP contribution < -0.4 is 5.32 Å². The number of amides is 1. The quantitative estimate of drug-likeness (QED) is 0.820. The minimum atomic E-state index is -0.230. The second kappa shape index (κ2) is 6.62. The van der Waals surface area contributed by atoms with Crippen LogP contribution in [0.1, 0.15) is 36.0 Å². The van der Waals surface area contributed by atoms with Crippen LogP contribution in [0.3, 0.4) is 0 Å². The zero-order chi connectivity index (χ0) is 13.8. The first kappa shape index (κ1) is 14.7. The Kier molecular flexibility index (Phi) is 5.11. The highest BCUT2D eigenvalue weighted by atomic mass is 79.9. The molecule has 0 saturated heterocycles. The van der Waals surface area contributed by atoms with Crippen LogP contribution >= 0.6 is 27.5 Å². The number of phenolic OH excluding ortho intramolecular Hbond substituents is 1. The van der Waals surface area contributed by atoms with Crippen LogP contribution in [0.5, 0.6) is 5.75 Å². The van der Waals surface area contributed by atoms with E-state index >= 15 is 0 Å². The number of hydrogen-bond acceptors (Lipinski definition) is 2. The third-order valence-electron chi connectivity index (χ3n) is 3.63. The Morgan fingerprint density at radius 3 is 2.84 bits per heavy atom. The highest BCUT2D eigenvalue weighted by Gasteiger charge is 2.26. The molecule has 1 aliphatic carbocycles. The molecule has 0 bridgehead atoms. The molecule has 2 N–H and O–H groups in total. The van der Waals surface area contributed by atoms with E-state index in [2.05, 4.69) is 21.2 Å². The van der Waals surface area contributed by atoms with Crippen molar-refractivity contribution in [3.63, 3.8) is 0 Å². The molecule has 2 unspecified atom stereocenters. The first-order valence-electron chi connectivity index (χ1n) is 6.47. The summed E-state index contributed by atoms with van der Waals surface area (Å²) >= 11 is 9.21. The number of nitrogens with one attached hydrogen (secondary N) is 1. The van der Waals surface area contributed by atoms with Crippen molar-refractivity contribution in [2.45, 2.75) is 31.7 Å². The highest BCUT2D eigenvalue weighted by Crippen LogP contribution is 2.27. The summed E-state index contributed by atoms with van der Waals surface area (Å²) in [6, 6.07) is 5.00. The van der Waals surface area contributed by atoms with Gasteiger partial charge in [-0.25, -0.2) is 0 Å². The minimum absolute atomic E-state index is 0.00916. The molecular formula is C14H17BrClNO2. The summed E-state index contributed by atoms with van der Waals surface area (Å²) in [5, 5.41) is 12.8. The lowest BCUT2D eigenvalue weighted by atomic mass is 9.85. The second-order valence-electron chi connectivity index (χ2n) is 4.94. The van der Waals surface area contributed by atoms with Crippen LogP contribution in [0.15, 0.2) is 22.7 Å². The fraction of sp³-hybridized carbons (Fsp3) is 0.500. The van der Waals surface area contributed by atoms with Gasteiger partial charge in [0.1, 0.15) is 5.75 Å². The largest absolute Gasteiger partial charge is 0.507 e. The Hall–Kier alpha value is -0.740. The fourth-order valence-electron chi connectivity index (χ4n) is 2.53. The fourth-order valence-corrected chi connectivity index (χ4v) is 3.24. The number of carbonyl (C=O) groups excluding carboxylic acids is 1. The number of hydrogen-bond donors (Lipinski definition) is 2. The van der Waals surface area contributed by atoms with E-state index in [1.807, 2.05) is 0 Å². The molecule has 1 saturated carbocycles. The molecule has 1 aliphatic rings. The van der Waals surface area contributed by atoms with Crippen LogP contribution in [0.25, 0.3) is 0 Å². The molecular weight excluding hydrogens is 330 g/mol. The van der Waals surface area contributed by atoms with Crippen molar-refractivity contribution in [3.8, 4) is 5.75 Å². The summed E-state index contributed by atoms with van der Waals surface area (Å²) in [7, 11) is 0. The zero-order valence-electron chi connectivity index (χ0n) is 10.5. The number of rotatable bonds is 3. The number of carbonyl (C=O) groups is 1. The third kappa shape index (κ3) is 3.63. The molecule has 1 fully saturated rings. The molecule has 19 heavy (non-hydrogen) atoms. The van der Waals surface area contributed by atoms with Crippen LogP contribution in [0.4, 0.5) is 0 Å². The van der Waals surface area contributed by atoms with Gasteiger partial charge in [0, 0.05) is 16.4 Å². The number of phenols is 1. The lowest BCUT2D eigenvalue weighted by Gasteiger charge is -2.30. The van der Waals surface area contributed by atoms with Gasteiger partial charge in [-0.1, -0.05) is 28.8 Å². The standard InChI is InChI=1S/C14H17BrClNO2/c15-10-5-6-11(13(18)7-10)14(19)17-12-4-2-1-3-9(12)8-16/h5-7,9,12,18H,1-4,8H2,(H,17,19). The van der Waals surface area contributed by atoms with Gasteiger partial charge in [0.25, 0.3) is 5.91 Å². The van der Waals surface area contributed by atoms with Gasteiger partial charge in [-0.3, -0.25) is 4.79 Å². The molecule has 104 valence electrons. The van der Waals surface area contributed by atoms with Gasteiger partial charge in [-0.2, -0.15) is 0 Å². The average Bonchev–Trinajstić information content (AvgIpc) is 2.39. The molecule has 0 aliphatic heterocycles. The summed E-state index contributed by atoms with van der Waals surface area (Å²) in [4.78, 5) is 12.2. The van der Waals surface area contributed by atoms with Crippen LogP contribution in [-0.2, 0) is 0 Å². The Labute approximate surface area is 126 Å². The maximum Gasteiger partial charge on any atom is 0.255 e. The van der Waals surface area contributed by atoms with Gasteiger partial charge in [-0.15, -0.1) is 11.6 Å². The topological polar surface area (TPSA) is 49.3 Å². The monoisotopic (exact) mass is 345 g/mol. The molecule has 5 heteroatoms. The molecule has 0 radical (unpaired) electrons. The van der Waals surface area contributed by atoms with E-state index in [9.17, 15) is 9.90 Å². The first-order valence-corrected chi connectivity index (χ1v) is 7.80. The molecule has 3 nitrogen and oxygen atoms in total. The van der Waals surface area contributed by atoms with Gasteiger partial charge in [0.15, 0.2) is 0 Å². The van der Waals surface area contributed by atoms with Crippen LogP contribution in [-0.4, -0.2) is 22.9 Å². The Balaban J connectivity index is 2.07. The van der Waals surface area contributed by atoms with E-state index in [4.69, 9.17) is 11.6 Å². The van der Waals surface area contributed by atoms with Gasteiger partial charge in [0.05, 0.1) is 5.56 Å². The van der Waals surface area contributed by atoms with Crippen molar-refractivity contribution in [2.75, 3.05) is 5.88 Å². The third-order valence-corrected chi connectivity index (χ3v) is 4.52. The van der Waals surface area contributed by atoms with E-state index in [0.29, 0.717) is 17.4 Å². The van der Waals surface area contributed by atoms with E-state index in [1.54, 1.807) is 12.1 Å².